The number of carbonyl (C=O) groups excluding carboxylic acids is 1. The van der Waals surface area contributed by atoms with Gasteiger partial charge in [0, 0.05) is 6.42 Å². The van der Waals surface area contributed by atoms with Gasteiger partial charge >= 0.3 is 0 Å². The van der Waals surface area contributed by atoms with Crippen LogP contribution in [-0.2, 0) is 18.4 Å². The van der Waals surface area contributed by atoms with Crippen LogP contribution < -0.4 is 10.2 Å². The molecule has 362 valence electrons. The fourth-order valence-electron chi connectivity index (χ4n) is 7.18. The van der Waals surface area contributed by atoms with E-state index >= 15 is 0 Å². The standard InChI is InChI=1S/C53H99N2O6P/c1-6-8-10-12-14-16-18-20-22-24-25-26-27-28-29-31-32-34-36-38-40-42-44-46-52(56)51(50-61-62(58,59)60-49-48-55(3,4)5)54-53(57)47-45-43-41-39-37-35-33-30-23-21-19-17-15-13-11-9-7-2/h9,11,15,17,21,23,36,38,44,46,51-52,56H,6-8,10,12-14,16,18-20,22,24-35,37,39-43,45,47-50H2,1-5H3,(H-,54,57,58,59)/b11-9-,17-15-,23-21-,38-36+,46-44+. The van der Waals surface area contributed by atoms with Crippen molar-refractivity contribution < 1.29 is 32.9 Å². The van der Waals surface area contributed by atoms with Crippen LogP contribution in [0.3, 0.4) is 0 Å². The number of nitrogens with zero attached hydrogens (tertiary/aromatic N) is 1. The van der Waals surface area contributed by atoms with E-state index in [0.29, 0.717) is 17.4 Å². The third-order valence-electron chi connectivity index (χ3n) is 11.2. The number of nitrogens with one attached hydrogen (secondary N) is 1. The van der Waals surface area contributed by atoms with Crippen molar-refractivity contribution in [2.24, 2.45) is 0 Å². The molecule has 1 amide bonds. The molecule has 0 aliphatic carbocycles. The van der Waals surface area contributed by atoms with Crippen molar-refractivity contribution in [1.82, 2.24) is 5.32 Å². The molecule has 0 aliphatic heterocycles. The molecule has 0 saturated carbocycles. The highest BCUT2D eigenvalue weighted by molar-refractivity contribution is 7.45. The summed E-state index contributed by atoms with van der Waals surface area (Å²) in [5.41, 5.74) is 0. The number of quaternary nitrogens is 1. The molecule has 0 aromatic heterocycles. The van der Waals surface area contributed by atoms with Gasteiger partial charge in [-0.1, -0.05) is 209 Å². The summed E-state index contributed by atoms with van der Waals surface area (Å²) in [5.74, 6) is -0.218. The van der Waals surface area contributed by atoms with Crippen molar-refractivity contribution in [3.63, 3.8) is 0 Å². The Labute approximate surface area is 383 Å². The number of allylic oxidation sites excluding steroid dienone is 9. The molecule has 3 unspecified atom stereocenters. The number of hydrogen-bond acceptors (Lipinski definition) is 6. The lowest BCUT2D eigenvalue weighted by molar-refractivity contribution is -0.870. The summed E-state index contributed by atoms with van der Waals surface area (Å²) in [4.78, 5) is 25.4. The Morgan fingerprint density at radius 3 is 1.50 bits per heavy atom. The topological polar surface area (TPSA) is 108 Å². The molecule has 8 nitrogen and oxygen atoms in total. The predicted octanol–water partition coefficient (Wildman–Crippen LogP) is 14.3. The van der Waals surface area contributed by atoms with Crippen molar-refractivity contribution >= 4 is 13.7 Å². The highest BCUT2D eigenvalue weighted by atomic mass is 31.2. The molecule has 0 aromatic rings. The monoisotopic (exact) mass is 891 g/mol. The van der Waals surface area contributed by atoms with Gasteiger partial charge in [0.2, 0.25) is 5.91 Å². The van der Waals surface area contributed by atoms with Crippen LogP contribution >= 0.6 is 7.82 Å². The first kappa shape index (κ1) is 60.2. The molecule has 0 spiro atoms. The van der Waals surface area contributed by atoms with Crippen LogP contribution in [0.15, 0.2) is 60.8 Å². The van der Waals surface area contributed by atoms with Gasteiger partial charge in [-0.3, -0.25) is 9.36 Å². The van der Waals surface area contributed by atoms with Crippen LogP contribution in [0.5, 0.6) is 0 Å². The Bertz CT molecular complexity index is 1190. The van der Waals surface area contributed by atoms with Gasteiger partial charge in [0.25, 0.3) is 7.82 Å². The molecule has 9 heteroatoms. The minimum atomic E-state index is -4.61. The fraction of sp³-hybridized carbons (Fsp3) is 0.792. The van der Waals surface area contributed by atoms with Crippen molar-refractivity contribution in [1.29, 1.82) is 0 Å². The third-order valence-corrected chi connectivity index (χ3v) is 12.2. The number of likely N-dealkylation sites (N-methyl/N-ethyl adjacent to an activating group) is 1. The van der Waals surface area contributed by atoms with Crippen LogP contribution in [0.4, 0.5) is 0 Å². The summed E-state index contributed by atoms with van der Waals surface area (Å²) in [6.45, 7) is 4.51. The zero-order valence-corrected chi connectivity index (χ0v) is 42.0. The number of aliphatic hydroxyl groups is 1. The molecule has 0 bridgehead atoms. The maximum atomic E-state index is 12.9. The van der Waals surface area contributed by atoms with Gasteiger partial charge in [-0.15, -0.1) is 0 Å². The zero-order chi connectivity index (χ0) is 45.7. The molecule has 3 atom stereocenters. The molecular weight excluding hydrogens is 792 g/mol. The first-order valence-electron chi connectivity index (χ1n) is 25.7. The van der Waals surface area contributed by atoms with Crippen LogP contribution in [0.1, 0.15) is 219 Å². The maximum absolute atomic E-state index is 12.9. The molecule has 0 heterocycles. The Morgan fingerprint density at radius 1 is 0.581 bits per heavy atom. The average molecular weight is 891 g/mol. The molecule has 0 aliphatic rings. The van der Waals surface area contributed by atoms with Gasteiger partial charge in [0.1, 0.15) is 13.2 Å². The molecule has 0 fully saturated rings. The Morgan fingerprint density at radius 2 is 1.00 bits per heavy atom. The lowest BCUT2D eigenvalue weighted by Crippen LogP contribution is -2.45. The molecule has 2 N–H and O–H groups in total. The number of rotatable bonds is 46. The first-order chi connectivity index (χ1) is 30.0. The summed E-state index contributed by atoms with van der Waals surface area (Å²) in [7, 11) is 1.23. The summed E-state index contributed by atoms with van der Waals surface area (Å²) < 4.78 is 23.3. The highest BCUT2D eigenvalue weighted by Crippen LogP contribution is 2.38. The maximum Gasteiger partial charge on any atom is 0.268 e. The van der Waals surface area contributed by atoms with E-state index in [1.54, 1.807) is 6.08 Å². The number of unbranched alkanes of at least 4 members (excludes halogenated alkanes) is 25. The minimum Gasteiger partial charge on any atom is -0.756 e. The van der Waals surface area contributed by atoms with Gasteiger partial charge in [0.05, 0.1) is 39.9 Å². The van der Waals surface area contributed by atoms with E-state index in [0.717, 1.165) is 70.6 Å². The number of phosphoric ester groups is 1. The predicted molar refractivity (Wildman–Crippen MR) is 265 cm³/mol. The number of hydrogen-bond donors (Lipinski definition) is 2. The normalized spacial score (nSPS) is 14.6. The molecule has 0 radical (unpaired) electrons. The Hall–Kier alpha value is -1.80. The van der Waals surface area contributed by atoms with Gasteiger partial charge in [0.15, 0.2) is 0 Å². The summed E-state index contributed by atoms with van der Waals surface area (Å²) >= 11 is 0. The van der Waals surface area contributed by atoms with E-state index < -0.39 is 26.6 Å². The highest BCUT2D eigenvalue weighted by Gasteiger charge is 2.23. The smallest absolute Gasteiger partial charge is 0.268 e. The van der Waals surface area contributed by atoms with Crippen molar-refractivity contribution in [2.45, 2.75) is 231 Å². The van der Waals surface area contributed by atoms with Crippen LogP contribution in [0.2, 0.25) is 0 Å². The van der Waals surface area contributed by atoms with Crippen LogP contribution in [0, 0.1) is 0 Å². The van der Waals surface area contributed by atoms with Gasteiger partial charge < -0.3 is 28.8 Å². The second-order valence-corrected chi connectivity index (χ2v) is 19.9. The SMILES string of the molecule is CC/C=C\C/C=C\C/C=C\CCCCCCCCCC(=O)NC(COP(=O)([O-])OCC[N+](C)(C)C)C(O)/C=C/CC/C=C/CCCCCCCCCCCCCCCCCCC. The second kappa shape index (κ2) is 44.4. The van der Waals surface area contributed by atoms with Gasteiger partial charge in [-0.25, -0.2) is 0 Å². The molecule has 0 saturated heterocycles. The fourth-order valence-corrected chi connectivity index (χ4v) is 7.91. The minimum absolute atomic E-state index is 0.0106. The number of carbonyl (C=O) groups is 1. The number of amides is 1. The Balaban J connectivity index is 4.36. The quantitative estimate of drug-likeness (QED) is 0.0273. The van der Waals surface area contributed by atoms with E-state index in [-0.39, 0.29) is 12.5 Å². The van der Waals surface area contributed by atoms with Crippen molar-refractivity contribution in [3.8, 4) is 0 Å². The van der Waals surface area contributed by atoms with E-state index in [9.17, 15) is 19.4 Å². The summed E-state index contributed by atoms with van der Waals surface area (Å²) in [6, 6.07) is -0.911. The lowest BCUT2D eigenvalue weighted by atomic mass is 10.0. The van der Waals surface area contributed by atoms with E-state index in [1.807, 2.05) is 27.2 Å². The Kier molecular flexibility index (Phi) is 43.1. The van der Waals surface area contributed by atoms with Crippen molar-refractivity contribution in [3.05, 3.63) is 60.8 Å². The summed E-state index contributed by atoms with van der Waals surface area (Å²) in [6.07, 6.45) is 58.6. The lowest BCUT2D eigenvalue weighted by Gasteiger charge is -2.29. The van der Waals surface area contributed by atoms with Gasteiger partial charge in [-0.2, -0.15) is 0 Å². The van der Waals surface area contributed by atoms with Crippen LogP contribution in [0.25, 0.3) is 0 Å². The first-order valence-corrected chi connectivity index (χ1v) is 27.1. The van der Waals surface area contributed by atoms with E-state index in [1.165, 1.54) is 128 Å². The number of phosphoric acid groups is 1. The average Bonchev–Trinajstić information content (AvgIpc) is 3.23. The number of aliphatic hydroxyl groups excluding tert-OH is 1. The van der Waals surface area contributed by atoms with Crippen LogP contribution in [-0.4, -0.2) is 68.5 Å². The van der Waals surface area contributed by atoms with Crippen molar-refractivity contribution in [2.75, 3.05) is 40.9 Å². The van der Waals surface area contributed by atoms with E-state index in [4.69, 9.17) is 9.05 Å². The third kappa shape index (κ3) is 46.2. The molecule has 0 aromatic carbocycles. The molecular formula is C53H99N2O6P. The molecule has 62 heavy (non-hydrogen) atoms. The zero-order valence-electron chi connectivity index (χ0n) is 41.1. The van der Waals surface area contributed by atoms with E-state index in [2.05, 4.69) is 67.8 Å². The second-order valence-electron chi connectivity index (χ2n) is 18.5. The largest absolute Gasteiger partial charge is 0.756 e. The van der Waals surface area contributed by atoms with Gasteiger partial charge in [-0.05, 0) is 64.2 Å². The molecule has 0 rings (SSSR count). The summed E-state index contributed by atoms with van der Waals surface area (Å²) in [5, 5.41) is 13.8.